The Morgan fingerprint density at radius 2 is 1.82 bits per heavy atom. The van der Waals surface area contributed by atoms with Crippen molar-refractivity contribution in [3.63, 3.8) is 0 Å². The van der Waals surface area contributed by atoms with Gasteiger partial charge < -0.3 is 21.3 Å². The van der Waals surface area contributed by atoms with Crippen LogP contribution in [0.4, 0.5) is 5.69 Å². The summed E-state index contributed by atoms with van der Waals surface area (Å²) >= 11 is 0. The molecule has 0 radical (unpaired) electrons. The van der Waals surface area contributed by atoms with Gasteiger partial charge in [-0.2, -0.15) is 0 Å². The van der Waals surface area contributed by atoms with Crippen LogP contribution in [0.3, 0.4) is 0 Å². The van der Waals surface area contributed by atoms with E-state index in [4.69, 9.17) is 5.73 Å². The van der Waals surface area contributed by atoms with Crippen LogP contribution in [0.5, 0.6) is 0 Å². The van der Waals surface area contributed by atoms with Gasteiger partial charge in [0.15, 0.2) is 0 Å². The van der Waals surface area contributed by atoms with Crippen molar-refractivity contribution in [2.75, 3.05) is 31.5 Å². The van der Waals surface area contributed by atoms with Crippen LogP contribution in [0.1, 0.15) is 37.7 Å². The average Bonchev–Trinajstić information content (AvgIpc) is 3.00. The molecule has 1 heterocycles. The molecule has 3 aromatic carbocycles. The standard InChI is InChI=1S/C28H36N4O/c1-2-21(22-8-4-3-5-9-22)20-32-17-15-26(31-27(14-16-29)28(32)33)19-30-25-13-12-23-10-6-7-11-24(23)18-25/h3-13,18,21,26-27,30-31H,2,14-17,19-20,29H2,1H3/t21?,26-,27-/m0/s1. The lowest BCUT2D eigenvalue weighted by Crippen LogP contribution is -2.48. The van der Waals surface area contributed by atoms with Gasteiger partial charge in [0, 0.05) is 37.3 Å². The molecule has 1 amide bonds. The van der Waals surface area contributed by atoms with Gasteiger partial charge >= 0.3 is 0 Å². The number of nitrogens with zero attached hydrogens (tertiary/aromatic N) is 1. The van der Waals surface area contributed by atoms with E-state index in [1.165, 1.54) is 16.3 Å². The van der Waals surface area contributed by atoms with Gasteiger partial charge in [0.1, 0.15) is 0 Å². The fourth-order valence-corrected chi connectivity index (χ4v) is 4.80. The van der Waals surface area contributed by atoms with Gasteiger partial charge in [0.25, 0.3) is 0 Å². The minimum absolute atomic E-state index is 0.183. The molecule has 33 heavy (non-hydrogen) atoms. The molecule has 3 atom stereocenters. The second-order valence-electron chi connectivity index (χ2n) is 9.03. The van der Waals surface area contributed by atoms with Gasteiger partial charge in [-0.1, -0.05) is 67.6 Å². The number of hydrogen-bond acceptors (Lipinski definition) is 4. The van der Waals surface area contributed by atoms with Gasteiger partial charge in [-0.05, 0) is 54.3 Å². The minimum Gasteiger partial charge on any atom is -0.383 e. The van der Waals surface area contributed by atoms with Crippen LogP contribution in [0.25, 0.3) is 10.8 Å². The number of nitrogens with one attached hydrogen (secondary N) is 2. The van der Waals surface area contributed by atoms with E-state index >= 15 is 0 Å². The Kier molecular flexibility index (Phi) is 7.97. The number of carbonyl (C=O) groups excluding carboxylic acids is 1. The highest BCUT2D eigenvalue weighted by Crippen LogP contribution is 2.23. The van der Waals surface area contributed by atoms with E-state index in [-0.39, 0.29) is 18.0 Å². The molecule has 4 N–H and O–H groups in total. The molecule has 0 aliphatic carbocycles. The van der Waals surface area contributed by atoms with Crippen molar-refractivity contribution in [1.29, 1.82) is 0 Å². The number of rotatable bonds is 9. The highest BCUT2D eigenvalue weighted by Gasteiger charge is 2.31. The molecule has 1 aliphatic rings. The first-order chi connectivity index (χ1) is 16.2. The molecule has 0 spiro atoms. The fourth-order valence-electron chi connectivity index (χ4n) is 4.80. The van der Waals surface area contributed by atoms with Gasteiger partial charge in [-0.15, -0.1) is 0 Å². The van der Waals surface area contributed by atoms with Crippen molar-refractivity contribution in [2.45, 2.75) is 44.2 Å². The third-order valence-electron chi connectivity index (χ3n) is 6.76. The van der Waals surface area contributed by atoms with Crippen LogP contribution in [0.15, 0.2) is 72.8 Å². The molecule has 0 aromatic heterocycles. The lowest BCUT2D eigenvalue weighted by Gasteiger charge is -2.28. The van der Waals surface area contributed by atoms with Crippen LogP contribution >= 0.6 is 0 Å². The van der Waals surface area contributed by atoms with E-state index in [2.05, 4.69) is 89.2 Å². The Hall–Kier alpha value is -2.89. The quantitative estimate of drug-likeness (QED) is 0.459. The summed E-state index contributed by atoms with van der Waals surface area (Å²) in [6.45, 7) is 4.99. The van der Waals surface area contributed by atoms with Crippen molar-refractivity contribution in [3.05, 3.63) is 78.4 Å². The topological polar surface area (TPSA) is 70.4 Å². The lowest BCUT2D eigenvalue weighted by atomic mass is 9.95. The maximum Gasteiger partial charge on any atom is 0.239 e. The molecular formula is C28H36N4O. The van der Waals surface area contributed by atoms with Crippen molar-refractivity contribution >= 4 is 22.4 Å². The van der Waals surface area contributed by atoms with Crippen LogP contribution in [0, 0.1) is 0 Å². The number of benzene rings is 3. The maximum atomic E-state index is 13.4. The minimum atomic E-state index is -0.228. The Morgan fingerprint density at radius 1 is 1.06 bits per heavy atom. The first kappa shape index (κ1) is 23.3. The van der Waals surface area contributed by atoms with E-state index in [0.717, 1.165) is 38.2 Å². The van der Waals surface area contributed by atoms with Crippen LogP contribution in [-0.4, -0.2) is 49.1 Å². The van der Waals surface area contributed by atoms with E-state index in [0.29, 0.717) is 18.9 Å². The zero-order valence-corrected chi connectivity index (χ0v) is 19.5. The fraction of sp³-hybridized carbons (Fsp3) is 0.393. The Labute approximate surface area is 197 Å². The molecule has 0 saturated carbocycles. The van der Waals surface area contributed by atoms with Crippen LogP contribution in [0.2, 0.25) is 0 Å². The molecule has 3 aromatic rings. The predicted octanol–water partition coefficient (Wildman–Crippen LogP) is 4.35. The molecule has 1 fully saturated rings. The summed E-state index contributed by atoms with van der Waals surface area (Å²) < 4.78 is 0. The smallest absolute Gasteiger partial charge is 0.239 e. The summed E-state index contributed by atoms with van der Waals surface area (Å²) in [5.41, 5.74) is 8.28. The van der Waals surface area contributed by atoms with Gasteiger partial charge in [0.2, 0.25) is 5.91 Å². The number of nitrogens with two attached hydrogens (primary N) is 1. The number of hydrogen-bond donors (Lipinski definition) is 3. The normalized spacial score (nSPS) is 19.9. The van der Waals surface area contributed by atoms with Gasteiger partial charge in [0.05, 0.1) is 6.04 Å². The van der Waals surface area contributed by atoms with E-state index in [1.54, 1.807) is 0 Å². The number of amides is 1. The average molecular weight is 445 g/mol. The maximum absolute atomic E-state index is 13.4. The van der Waals surface area contributed by atoms with Gasteiger partial charge in [-0.25, -0.2) is 0 Å². The second-order valence-corrected chi connectivity index (χ2v) is 9.03. The Bertz CT molecular complexity index is 1040. The summed E-state index contributed by atoms with van der Waals surface area (Å²) in [7, 11) is 0. The number of carbonyl (C=O) groups is 1. The SMILES string of the molecule is CCC(CN1CC[C@@H](CNc2ccc3ccccc3c2)N[C@@H](CCN)C1=O)c1ccccc1. The van der Waals surface area contributed by atoms with Crippen molar-refractivity contribution in [1.82, 2.24) is 10.2 Å². The molecule has 0 bridgehead atoms. The van der Waals surface area contributed by atoms with Crippen molar-refractivity contribution in [3.8, 4) is 0 Å². The summed E-state index contributed by atoms with van der Waals surface area (Å²) in [6, 6.07) is 25.4. The summed E-state index contributed by atoms with van der Waals surface area (Å²) in [4.78, 5) is 15.4. The van der Waals surface area contributed by atoms with E-state index < -0.39 is 0 Å². The summed E-state index contributed by atoms with van der Waals surface area (Å²) in [5, 5.41) is 9.65. The molecule has 5 heteroatoms. The summed E-state index contributed by atoms with van der Waals surface area (Å²) in [6.07, 6.45) is 2.58. The van der Waals surface area contributed by atoms with Crippen molar-refractivity contribution < 1.29 is 4.79 Å². The molecule has 1 saturated heterocycles. The lowest BCUT2D eigenvalue weighted by molar-refractivity contribution is -0.133. The molecule has 4 rings (SSSR count). The number of fused-ring (bicyclic) bond motifs is 1. The first-order valence-electron chi connectivity index (χ1n) is 12.2. The van der Waals surface area contributed by atoms with E-state index in [9.17, 15) is 4.79 Å². The van der Waals surface area contributed by atoms with Crippen LogP contribution < -0.4 is 16.4 Å². The summed E-state index contributed by atoms with van der Waals surface area (Å²) in [5.74, 6) is 0.531. The highest BCUT2D eigenvalue weighted by atomic mass is 16.2. The largest absolute Gasteiger partial charge is 0.383 e. The zero-order chi connectivity index (χ0) is 23.0. The highest BCUT2D eigenvalue weighted by molar-refractivity contribution is 5.85. The van der Waals surface area contributed by atoms with Crippen LogP contribution in [-0.2, 0) is 4.79 Å². The molecule has 5 nitrogen and oxygen atoms in total. The second kappa shape index (κ2) is 11.3. The zero-order valence-electron chi connectivity index (χ0n) is 19.5. The molecule has 1 unspecified atom stereocenters. The number of anilines is 1. The third-order valence-corrected chi connectivity index (χ3v) is 6.76. The first-order valence-corrected chi connectivity index (χ1v) is 12.2. The molecule has 174 valence electrons. The van der Waals surface area contributed by atoms with Crippen molar-refractivity contribution in [2.24, 2.45) is 5.73 Å². The Morgan fingerprint density at radius 3 is 2.58 bits per heavy atom. The Balaban J connectivity index is 1.42. The molecule has 1 aliphatic heterocycles. The van der Waals surface area contributed by atoms with Gasteiger partial charge in [-0.3, -0.25) is 4.79 Å². The monoisotopic (exact) mass is 444 g/mol. The molecular weight excluding hydrogens is 408 g/mol. The third kappa shape index (κ3) is 5.92. The van der Waals surface area contributed by atoms with E-state index in [1.807, 2.05) is 6.07 Å². The predicted molar refractivity (Wildman–Crippen MR) is 137 cm³/mol.